The molecular weight excluding hydrogens is 111 g/mol. The molecule has 0 aromatic rings. The minimum absolute atomic E-state index is 0.723. The summed E-state index contributed by atoms with van der Waals surface area (Å²) in [5, 5.41) is 0. The van der Waals surface area contributed by atoms with Crippen LogP contribution in [0.25, 0.3) is 0 Å². The molecule has 1 fully saturated rings. The molecule has 0 aliphatic carbocycles. The summed E-state index contributed by atoms with van der Waals surface area (Å²) in [5.41, 5.74) is 0. The van der Waals surface area contributed by atoms with Crippen molar-refractivity contribution in [3.05, 3.63) is 0 Å². The molecule has 51 valence electrons. The van der Waals surface area contributed by atoms with Gasteiger partial charge in [0, 0.05) is 0 Å². The van der Waals surface area contributed by atoms with Gasteiger partial charge < -0.3 is 9.62 Å². The van der Waals surface area contributed by atoms with Gasteiger partial charge in [0.05, 0.1) is 0 Å². The highest BCUT2D eigenvalue weighted by molar-refractivity contribution is 6.28. The molecule has 1 unspecified atom stereocenters. The molecule has 3 heteroatoms. The van der Waals surface area contributed by atoms with Gasteiger partial charge in [-0.1, -0.05) is 6.92 Å². The van der Waals surface area contributed by atoms with Crippen LogP contribution in [-0.2, 0) is 0 Å². The summed E-state index contributed by atoms with van der Waals surface area (Å²) in [5.74, 6) is 0. The Morgan fingerprint density at radius 3 is 2.56 bits per heavy atom. The van der Waals surface area contributed by atoms with Crippen molar-refractivity contribution < 1.29 is 0 Å². The van der Waals surface area contributed by atoms with Crippen molar-refractivity contribution in [1.29, 1.82) is 0 Å². The largest absolute Gasteiger partial charge is 0.335 e. The number of nitrogens with zero attached hydrogens (tertiary/aromatic N) is 2. The summed E-state index contributed by atoms with van der Waals surface area (Å²) in [6.07, 6.45) is 1.28. The molecule has 0 bridgehead atoms. The zero-order chi connectivity index (χ0) is 6.85. The maximum absolute atomic E-state index is 2.25. The Hall–Kier alpha value is -0.0151. The van der Waals surface area contributed by atoms with E-state index in [1.807, 2.05) is 0 Å². The van der Waals surface area contributed by atoms with E-state index in [0.29, 0.717) is 0 Å². The average Bonchev–Trinajstić information content (AvgIpc) is 1.80. The van der Waals surface area contributed by atoms with Crippen molar-refractivity contribution in [1.82, 2.24) is 9.62 Å². The molecule has 1 aliphatic rings. The number of hydrogen-bond donors (Lipinski definition) is 0. The fraction of sp³-hybridized carbons (Fsp3) is 1.00. The monoisotopic (exact) mass is 125 g/mol. The second-order valence-corrected chi connectivity index (χ2v) is 2.90. The summed E-state index contributed by atoms with van der Waals surface area (Å²) in [7, 11) is 6.40. The first-order chi connectivity index (χ1) is 4.20. The number of hydrogen-bond acceptors (Lipinski definition) is 2. The molecule has 1 heterocycles. The van der Waals surface area contributed by atoms with Gasteiger partial charge in [-0.05, 0) is 33.1 Å². The van der Waals surface area contributed by atoms with Crippen molar-refractivity contribution in [2.75, 3.05) is 20.6 Å². The van der Waals surface area contributed by atoms with E-state index in [4.69, 9.17) is 0 Å². The third-order valence-electron chi connectivity index (χ3n) is 1.97. The molecule has 1 radical (unpaired) electrons. The fourth-order valence-corrected chi connectivity index (χ4v) is 1.08. The lowest BCUT2D eigenvalue weighted by Crippen LogP contribution is -2.48. The van der Waals surface area contributed by atoms with Crippen LogP contribution in [0.1, 0.15) is 13.3 Å². The second kappa shape index (κ2) is 2.71. The first-order valence-electron chi connectivity index (χ1n) is 3.47. The Morgan fingerprint density at radius 1 is 1.44 bits per heavy atom. The zero-order valence-corrected chi connectivity index (χ0v) is 6.46. The van der Waals surface area contributed by atoms with Gasteiger partial charge in [-0.15, -0.1) is 0 Å². The van der Waals surface area contributed by atoms with E-state index in [9.17, 15) is 0 Å². The van der Waals surface area contributed by atoms with Crippen LogP contribution in [0.5, 0.6) is 0 Å². The fourth-order valence-electron chi connectivity index (χ4n) is 1.08. The normalized spacial score (nSPS) is 32.1. The Morgan fingerprint density at radius 2 is 2.11 bits per heavy atom. The predicted octanol–water partition coefficient (Wildman–Crippen LogP) is 0.176. The molecule has 0 aromatic carbocycles. The van der Waals surface area contributed by atoms with Crippen molar-refractivity contribution >= 4 is 7.55 Å². The van der Waals surface area contributed by atoms with Crippen molar-refractivity contribution in [3.63, 3.8) is 0 Å². The zero-order valence-electron chi connectivity index (χ0n) is 6.46. The SMILES string of the molecule is CC1CCN(C)[B]N1C. The van der Waals surface area contributed by atoms with Crippen LogP contribution in [0.4, 0.5) is 0 Å². The minimum Gasteiger partial charge on any atom is -0.335 e. The molecule has 1 rings (SSSR count). The lowest BCUT2D eigenvalue weighted by Gasteiger charge is -2.34. The topological polar surface area (TPSA) is 6.48 Å². The Kier molecular flexibility index (Phi) is 2.14. The first-order valence-corrected chi connectivity index (χ1v) is 3.47. The van der Waals surface area contributed by atoms with Gasteiger partial charge in [0.2, 0.25) is 0 Å². The van der Waals surface area contributed by atoms with E-state index >= 15 is 0 Å². The molecule has 1 atom stereocenters. The molecule has 0 aromatic heterocycles. The van der Waals surface area contributed by atoms with Gasteiger partial charge >= 0.3 is 7.55 Å². The lowest BCUT2D eigenvalue weighted by molar-refractivity contribution is 0.289. The van der Waals surface area contributed by atoms with Crippen LogP contribution in [0.3, 0.4) is 0 Å². The smallest absolute Gasteiger partial charge is 0.312 e. The lowest BCUT2D eigenvalue weighted by atomic mass is 9.95. The van der Waals surface area contributed by atoms with Gasteiger partial charge in [0.1, 0.15) is 0 Å². The summed E-state index contributed by atoms with van der Waals surface area (Å²) in [4.78, 5) is 4.48. The van der Waals surface area contributed by atoms with E-state index < -0.39 is 0 Å². The quantitative estimate of drug-likeness (QED) is 0.426. The van der Waals surface area contributed by atoms with Gasteiger partial charge in [-0.25, -0.2) is 0 Å². The van der Waals surface area contributed by atoms with Crippen molar-refractivity contribution in [3.8, 4) is 0 Å². The van der Waals surface area contributed by atoms with Gasteiger partial charge in [-0.3, -0.25) is 0 Å². The Labute approximate surface area is 58.1 Å². The van der Waals surface area contributed by atoms with E-state index in [0.717, 1.165) is 6.04 Å². The van der Waals surface area contributed by atoms with Crippen molar-refractivity contribution in [2.45, 2.75) is 19.4 Å². The highest BCUT2D eigenvalue weighted by Gasteiger charge is 2.18. The Bertz CT molecular complexity index is 97.1. The first kappa shape index (κ1) is 7.10. The van der Waals surface area contributed by atoms with Crippen molar-refractivity contribution in [2.24, 2.45) is 0 Å². The van der Waals surface area contributed by atoms with E-state index in [1.54, 1.807) is 0 Å². The van der Waals surface area contributed by atoms with E-state index in [-0.39, 0.29) is 0 Å². The summed E-state index contributed by atoms with van der Waals surface area (Å²) in [6.45, 7) is 3.45. The Balaban J connectivity index is 2.35. The summed E-state index contributed by atoms with van der Waals surface area (Å²) >= 11 is 0. The minimum atomic E-state index is 0.723. The summed E-state index contributed by atoms with van der Waals surface area (Å²) in [6, 6.07) is 0.723. The van der Waals surface area contributed by atoms with E-state index in [2.05, 4.69) is 38.2 Å². The second-order valence-electron chi connectivity index (χ2n) is 2.90. The van der Waals surface area contributed by atoms with Crippen LogP contribution < -0.4 is 0 Å². The molecule has 0 saturated carbocycles. The molecule has 1 aliphatic heterocycles. The molecule has 0 N–H and O–H groups in total. The molecular formula is C6H14BN2. The van der Waals surface area contributed by atoms with Crippen LogP contribution in [0.15, 0.2) is 0 Å². The molecule has 2 nitrogen and oxygen atoms in total. The van der Waals surface area contributed by atoms with Gasteiger partial charge in [0.25, 0.3) is 0 Å². The van der Waals surface area contributed by atoms with Crippen LogP contribution in [0, 0.1) is 0 Å². The van der Waals surface area contributed by atoms with Crippen LogP contribution >= 0.6 is 0 Å². The summed E-state index contributed by atoms with van der Waals surface area (Å²) < 4.78 is 0. The molecule has 9 heavy (non-hydrogen) atoms. The highest BCUT2D eigenvalue weighted by atomic mass is 15.2. The average molecular weight is 125 g/mol. The third kappa shape index (κ3) is 1.70. The maximum atomic E-state index is 2.25. The molecule has 0 amide bonds. The van der Waals surface area contributed by atoms with Gasteiger partial charge in [-0.2, -0.15) is 0 Å². The van der Waals surface area contributed by atoms with E-state index in [1.165, 1.54) is 13.0 Å². The van der Waals surface area contributed by atoms with Crippen LogP contribution in [-0.4, -0.2) is 43.9 Å². The van der Waals surface area contributed by atoms with Gasteiger partial charge in [0.15, 0.2) is 0 Å². The standard InChI is InChI=1S/C6H14BN2/c1-6-4-5-8(2)7-9(6)3/h6H,4-5H2,1-3H3. The molecule has 0 spiro atoms. The maximum Gasteiger partial charge on any atom is 0.312 e. The highest BCUT2D eigenvalue weighted by Crippen LogP contribution is 2.06. The van der Waals surface area contributed by atoms with Crippen LogP contribution in [0.2, 0.25) is 0 Å². The third-order valence-corrected chi connectivity index (χ3v) is 1.97. The molecule has 1 saturated heterocycles. The number of rotatable bonds is 0. The predicted molar refractivity (Wildman–Crippen MR) is 40.2 cm³/mol.